The van der Waals surface area contributed by atoms with Crippen molar-refractivity contribution in [2.75, 3.05) is 25.0 Å². The van der Waals surface area contributed by atoms with E-state index in [1.807, 2.05) is 18.2 Å². The van der Waals surface area contributed by atoms with E-state index in [0.29, 0.717) is 6.54 Å². The molecule has 0 fully saturated rings. The summed E-state index contributed by atoms with van der Waals surface area (Å²) < 4.78 is 1.17. The normalized spacial score (nSPS) is 10.6. The minimum Gasteiger partial charge on any atom is -0.325 e. The van der Waals surface area contributed by atoms with Crippen LogP contribution in [0.3, 0.4) is 0 Å². The van der Waals surface area contributed by atoms with Gasteiger partial charge in [0, 0.05) is 9.26 Å². The van der Waals surface area contributed by atoms with Crippen molar-refractivity contribution in [1.82, 2.24) is 4.90 Å². The van der Waals surface area contributed by atoms with Crippen LogP contribution in [0.15, 0.2) is 18.2 Å². The predicted molar refractivity (Wildman–Crippen MR) is 80.3 cm³/mol. The lowest BCUT2D eigenvalue weighted by Crippen LogP contribution is -2.32. The van der Waals surface area contributed by atoms with Gasteiger partial charge in [0.15, 0.2) is 0 Å². The van der Waals surface area contributed by atoms with E-state index in [4.69, 9.17) is 0 Å². The van der Waals surface area contributed by atoms with Gasteiger partial charge in [-0.2, -0.15) is 0 Å². The quantitative estimate of drug-likeness (QED) is 0.832. The molecule has 1 N–H and O–H groups in total. The molecule has 0 aliphatic rings. The third kappa shape index (κ3) is 4.63. The van der Waals surface area contributed by atoms with Crippen molar-refractivity contribution < 1.29 is 4.79 Å². The molecule has 0 aliphatic carbocycles. The lowest BCUT2D eigenvalue weighted by Gasteiger charge is -2.17. The van der Waals surface area contributed by atoms with Crippen LogP contribution in [0, 0.1) is 10.5 Å². The number of aryl methyl sites for hydroxylation is 1. The van der Waals surface area contributed by atoms with Gasteiger partial charge in [0.25, 0.3) is 0 Å². The molecule has 1 rings (SSSR count). The number of nitrogens with zero attached hydrogens (tertiary/aromatic N) is 1. The average molecular weight is 346 g/mol. The molecule has 0 saturated carbocycles. The Morgan fingerprint density at radius 2 is 2.00 bits per heavy atom. The fourth-order valence-electron chi connectivity index (χ4n) is 1.52. The summed E-state index contributed by atoms with van der Waals surface area (Å²) in [5.74, 6) is 0.0494. The van der Waals surface area contributed by atoms with E-state index >= 15 is 0 Å². The minimum absolute atomic E-state index is 0.0494. The average Bonchev–Trinajstić information content (AvgIpc) is 2.31. The van der Waals surface area contributed by atoms with Crippen LogP contribution in [-0.2, 0) is 4.79 Å². The lowest BCUT2D eigenvalue weighted by atomic mass is 10.2. The second-order valence-corrected chi connectivity index (χ2v) is 5.14. The van der Waals surface area contributed by atoms with Gasteiger partial charge >= 0.3 is 0 Å². The molecule has 0 unspecified atom stereocenters. The van der Waals surface area contributed by atoms with Crippen LogP contribution in [0.5, 0.6) is 0 Å². The first-order valence-corrected chi connectivity index (χ1v) is 6.93. The van der Waals surface area contributed by atoms with Crippen LogP contribution in [-0.4, -0.2) is 30.4 Å². The Morgan fingerprint density at radius 3 is 2.53 bits per heavy atom. The summed E-state index contributed by atoms with van der Waals surface area (Å²) in [6.07, 6.45) is 0. The molecule has 0 bridgehead atoms. The van der Waals surface area contributed by atoms with E-state index in [1.165, 1.54) is 9.13 Å². The van der Waals surface area contributed by atoms with Gasteiger partial charge in [-0.1, -0.05) is 19.9 Å². The van der Waals surface area contributed by atoms with Crippen LogP contribution in [0.25, 0.3) is 0 Å². The van der Waals surface area contributed by atoms with E-state index < -0.39 is 0 Å². The highest BCUT2D eigenvalue weighted by molar-refractivity contribution is 14.1. The summed E-state index contributed by atoms with van der Waals surface area (Å²) in [5.41, 5.74) is 2.10. The summed E-state index contributed by atoms with van der Waals surface area (Å²) in [6.45, 7) is 8.43. The lowest BCUT2D eigenvalue weighted by molar-refractivity contribution is -0.117. The number of hydrogen-bond donors (Lipinski definition) is 1. The van der Waals surface area contributed by atoms with Gasteiger partial charge in [-0.3, -0.25) is 9.69 Å². The third-order valence-corrected chi connectivity index (χ3v) is 3.88. The van der Waals surface area contributed by atoms with Gasteiger partial charge in [0.2, 0.25) is 5.91 Å². The standard InChI is InChI=1S/C13H19IN2O/c1-4-16(5-2)9-13(17)15-11-7-6-10(3)12(14)8-11/h6-8H,4-5,9H2,1-3H3,(H,15,17). The van der Waals surface area contributed by atoms with Crippen LogP contribution in [0.1, 0.15) is 19.4 Å². The Morgan fingerprint density at radius 1 is 1.35 bits per heavy atom. The molecular formula is C13H19IN2O. The van der Waals surface area contributed by atoms with Gasteiger partial charge in [-0.15, -0.1) is 0 Å². The number of rotatable bonds is 5. The molecule has 0 heterocycles. The summed E-state index contributed by atoms with van der Waals surface area (Å²) in [6, 6.07) is 5.96. The summed E-state index contributed by atoms with van der Waals surface area (Å²) in [4.78, 5) is 13.9. The number of carbonyl (C=O) groups is 1. The second kappa shape index (κ2) is 6.96. The van der Waals surface area contributed by atoms with Gasteiger partial charge in [0.1, 0.15) is 0 Å². The van der Waals surface area contributed by atoms with Gasteiger partial charge in [-0.05, 0) is 60.3 Å². The first-order valence-electron chi connectivity index (χ1n) is 5.85. The van der Waals surface area contributed by atoms with Crippen LogP contribution in [0.4, 0.5) is 5.69 Å². The first-order chi connectivity index (χ1) is 8.06. The van der Waals surface area contributed by atoms with E-state index in [-0.39, 0.29) is 5.91 Å². The zero-order valence-corrected chi connectivity index (χ0v) is 12.7. The van der Waals surface area contributed by atoms with Gasteiger partial charge in [-0.25, -0.2) is 0 Å². The largest absolute Gasteiger partial charge is 0.325 e. The smallest absolute Gasteiger partial charge is 0.238 e. The van der Waals surface area contributed by atoms with Crippen molar-refractivity contribution in [3.05, 3.63) is 27.3 Å². The Hall–Kier alpha value is -0.620. The van der Waals surface area contributed by atoms with Crippen LogP contribution in [0.2, 0.25) is 0 Å². The second-order valence-electron chi connectivity index (χ2n) is 3.97. The van der Waals surface area contributed by atoms with E-state index in [1.54, 1.807) is 0 Å². The molecular weight excluding hydrogens is 327 g/mol. The summed E-state index contributed by atoms with van der Waals surface area (Å²) in [5, 5.41) is 2.92. The van der Waals surface area contributed by atoms with Crippen molar-refractivity contribution in [2.24, 2.45) is 0 Å². The summed E-state index contributed by atoms with van der Waals surface area (Å²) >= 11 is 2.28. The molecule has 0 aromatic heterocycles. The highest BCUT2D eigenvalue weighted by Gasteiger charge is 2.07. The molecule has 0 aliphatic heterocycles. The highest BCUT2D eigenvalue weighted by atomic mass is 127. The highest BCUT2D eigenvalue weighted by Crippen LogP contribution is 2.16. The van der Waals surface area contributed by atoms with E-state index in [9.17, 15) is 4.79 Å². The number of amides is 1. The zero-order valence-electron chi connectivity index (χ0n) is 10.6. The van der Waals surface area contributed by atoms with E-state index in [0.717, 1.165) is 18.8 Å². The maximum Gasteiger partial charge on any atom is 0.238 e. The van der Waals surface area contributed by atoms with E-state index in [2.05, 4.69) is 53.6 Å². The molecule has 17 heavy (non-hydrogen) atoms. The predicted octanol–water partition coefficient (Wildman–Crippen LogP) is 2.88. The molecule has 1 amide bonds. The molecule has 1 aromatic rings. The molecule has 0 radical (unpaired) electrons. The van der Waals surface area contributed by atoms with Crippen molar-refractivity contribution >= 4 is 34.2 Å². The van der Waals surface area contributed by atoms with Crippen LogP contribution < -0.4 is 5.32 Å². The maximum atomic E-state index is 11.8. The summed E-state index contributed by atoms with van der Waals surface area (Å²) in [7, 11) is 0. The number of benzene rings is 1. The van der Waals surface area contributed by atoms with Crippen molar-refractivity contribution in [1.29, 1.82) is 0 Å². The minimum atomic E-state index is 0.0494. The number of likely N-dealkylation sites (N-methyl/N-ethyl adjacent to an activating group) is 1. The third-order valence-electron chi connectivity index (χ3n) is 2.72. The number of anilines is 1. The fraction of sp³-hybridized carbons (Fsp3) is 0.462. The molecule has 3 nitrogen and oxygen atoms in total. The topological polar surface area (TPSA) is 32.3 Å². The fourth-order valence-corrected chi connectivity index (χ4v) is 2.04. The molecule has 0 atom stereocenters. The molecule has 0 saturated heterocycles. The molecule has 0 spiro atoms. The number of nitrogens with one attached hydrogen (secondary N) is 1. The Balaban J connectivity index is 2.58. The molecule has 1 aromatic carbocycles. The number of halogens is 1. The van der Waals surface area contributed by atoms with Gasteiger partial charge in [0.05, 0.1) is 6.54 Å². The van der Waals surface area contributed by atoms with Crippen molar-refractivity contribution in [3.8, 4) is 0 Å². The van der Waals surface area contributed by atoms with Crippen molar-refractivity contribution in [3.63, 3.8) is 0 Å². The maximum absolute atomic E-state index is 11.8. The van der Waals surface area contributed by atoms with Crippen molar-refractivity contribution in [2.45, 2.75) is 20.8 Å². The Kier molecular flexibility index (Phi) is 5.91. The SMILES string of the molecule is CCN(CC)CC(=O)Nc1ccc(C)c(I)c1. The Bertz CT molecular complexity index is 389. The monoisotopic (exact) mass is 346 g/mol. The number of hydrogen-bond acceptors (Lipinski definition) is 2. The zero-order chi connectivity index (χ0) is 12.8. The number of carbonyl (C=O) groups excluding carboxylic acids is 1. The molecule has 94 valence electrons. The van der Waals surface area contributed by atoms with Gasteiger partial charge < -0.3 is 5.32 Å². The first kappa shape index (κ1) is 14.4. The molecule has 4 heteroatoms. The van der Waals surface area contributed by atoms with Crippen LogP contribution >= 0.6 is 22.6 Å². The Labute approximate surface area is 117 Å².